The van der Waals surface area contributed by atoms with Crippen molar-refractivity contribution < 1.29 is 9.47 Å². The van der Waals surface area contributed by atoms with E-state index in [0.29, 0.717) is 5.92 Å². The highest BCUT2D eigenvalue weighted by atomic mass is 16.5. The molecule has 1 aromatic rings. The summed E-state index contributed by atoms with van der Waals surface area (Å²) >= 11 is 0. The molecule has 0 amide bonds. The van der Waals surface area contributed by atoms with Gasteiger partial charge in [-0.1, -0.05) is 13.3 Å². The molecule has 0 aromatic heterocycles. The minimum atomic E-state index is -0.169. The third kappa shape index (κ3) is 2.25. The van der Waals surface area contributed by atoms with E-state index < -0.39 is 0 Å². The number of methoxy groups -OCH3 is 2. The van der Waals surface area contributed by atoms with Crippen molar-refractivity contribution in [1.29, 1.82) is 0 Å². The van der Waals surface area contributed by atoms with Gasteiger partial charge in [0.05, 0.1) is 14.2 Å². The molecule has 2 rings (SSSR count). The fourth-order valence-corrected chi connectivity index (χ4v) is 2.49. The summed E-state index contributed by atoms with van der Waals surface area (Å²) in [7, 11) is 3.33. The molecule has 2 atom stereocenters. The van der Waals surface area contributed by atoms with Gasteiger partial charge in [0, 0.05) is 11.6 Å². The molecule has 3 heteroatoms. The van der Waals surface area contributed by atoms with Crippen LogP contribution in [0, 0.1) is 5.92 Å². The average Bonchev–Trinajstić information content (AvgIpc) is 3.01. The minimum absolute atomic E-state index is 0.169. The highest BCUT2D eigenvalue weighted by molar-refractivity contribution is 5.44. The van der Waals surface area contributed by atoms with Crippen molar-refractivity contribution in [2.24, 2.45) is 11.7 Å². The lowest BCUT2D eigenvalue weighted by molar-refractivity contribution is 0.392. The lowest BCUT2D eigenvalue weighted by atomic mass is 10.0. The summed E-state index contributed by atoms with van der Waals surface area (Å²) in [6, 6.07) is 5.93. The summed E-state index contributed by atoms with van der Waals surface area (Å²) in [5.74, 6) is 2.22. The van der Waals surface area contributed by atoms with E-state index in [0.717, 1.165) is 23.5 Å². The Labute approximate surface area is 103 Å². The second kappa shape index (κ2) is 4.57. The van der Waals surface area contributed by atoms with Crippen LogP contribution in [0.3, 0.4) is 0 Å². The first-order valence-electron chi connectivity index (χ1n) is 6.16. The fourth-order valence-electron chi connectivity index (χ4n) is 2.49. The van der Waals surface area contributed by atoms with Gasteiger partial charge in [0.1, 0.15) is 11.5 Å². The first-order valence-corrected chi connectivity index (χ1v) is 6.16. The van der Waals surface area contributed by atoms with Crippen LogP contribution in [0.15, 0.2) is 18.2 Å². The Morgan fingerprint density at radius 1 is 1.24 bits per heavy atom. The van der Waals surface area contributed by atoms with Crippen molar-refractivity contribution in [3.05, 3.63) is 23.8 Å². The molecule has 3 nitrogen and oxygen atoms in total. The van der Waals surface area contributed by atoms with E-state index >= 15 is 0 Å². The number of nitrogens with two attached hydrogens (primary N) is 1. The Hall–Kier alpha value is -1.22. The van der Waals surface area contributed by atoms with Crippen LogP contribution >= 0.6 is 0 Å². The molecule has 94 valence electrons. The lowest BCUT2D eigenvalue weighted by Gasteiger charge is -2.15. The third-order valence-corrected chi connectivity index (χ3v) is 3.68. The van der Waals surface area contributed by atoms with Crippen LogP contribution < -0.4 is 15.2 Å². The standard InChI is InChI=1S/C14H21NO2/c1-4-5-10-9-14(10,15)11-6-12(16-2)8-13(7-11)17-3/h6-8,10H,4-5,9,15H2,1-3H3. The van der Waals surface area contributed by atoms with Gasteiger partial charge in [0.25, 0.3) is 0 Å². The molecule has 0 radical (unpaired) electrons. The van der Waals surface area contributed by atoms with Crippen LogP contribution in [-0.4, -0.2) is 14.2 Å². The zero-order valence-corrected chi connectivity index (χ0v) is 10.8. The maximum atomic E-state index is 6.43. The van der Waals surface area contributed by atoms with Crippen molar-refractivity contribution in [3.63, 3.8) is 0 Å². The molecule has 0 bridgehead atoms. The zero-order chi connectivity index (χ0) is 12.5. The summed E-state index contributed by atoms with van der Waals surface area (Å²) in [6.45, 7) is 2.20. The molecule has 0 aliphatic heterocycles. The topological polar surface area (TPSA) is 44.5 Å². The minimum Gasteiger partial charge on any atom is -0.497 e. The van der Waals surface area contributed by atoms with Gasteiger partial charge in [0.2, 0.25) is 0 Å². The van der Waals surface area contributed by atoms with Gasteiger partial charge in [-0.15, -0.1) is 0 Å². The smallest absolute Gasteiger partial charge is 0.122 e. The van der Waals surface area contributed by atoms with E-state index in [1.54, 1.807) is 14.2 Å². The molecular formula is C14H21NO2. The maximum Gasteiger partial charge on any atom is 0.122 e. The quantitative estimate of drug-likeness (QED) is 0.853. The Kier molecular flexibility index (Phi) is 3.29. The molecule has 0 saturated heterocycles. The normalized spacial score (nSPS) is 26.7. The van der Waals surface area contributed by atoms with E-state index in [1.807, 2.05) is 18.2 Å². The third-order valence-electron chi connectivity index (χ3n) is 3.68. The molecule has 1 fully saturated rings. The number of hydrogen-bond donors (Lipinski definition) is 1. The van der Waals surface area contributed by atoms with Gasteiger partial charge in [-0.25, -0.2) is 0 Å². The Morgan fingerprint density at radius 2 is 1.82 bits per heavy atom. The van der Waals surface area contributed by atoms with Crippen molar-refractivity contribution >= 4 is 0 Å². The predicted molar refractivity (Wildman–Crippen MR) is 68.4 cm³/mol. The maximum absolute atomic E-state index is 6.43. The van der Waals surface area contributed by atoms with E-state index in [4.69, 9.17) is 15.2 Å². The number of ether oxygens (including phenoxy) is 2. The Bertz CT molecular complexity index is 383. The van der Waals surface area contributed by atoms with Gasteiger partial charge in [0.15, 0.2) is 0 Å². The molecule has 1 aromatic carbocycles. The molecular weight excluding hydrogens is 214 g/mol. The molecule has 2 N–H and O–H groups in total. The molecule has 2 unspecified atom stereocenters. The first-order chi connectivity index (χ1) is 8.13. The molecule has 17 heavy (non-hydrogen) atoms. The molecule has 0 spiro atoms. The largest absolute Gasteiger partial charge is 0.497 e. The molecule has 0 heterocycles. The Morgan fingerprint density at radius 3 is 2.29 bits per heavy atom. The summed E-state index contributed by atoms with van der Waals surface area (Å²) in [6.07, 6.45) is 3.44. The highest BCUT2D eigenvalue weighted by Gasteiger charge is 2.51. The van der Waals surface area contributed by atoms with Gasteiger partial charge in [-0.3, -0.25) is 0 Å². The highest BCUT2D eigenvalue weighted by Crippen LogP contribution is 2.53. The van der Waals surface area contributed by atoms with Gasteiger partial charge in [-0.2, -0.15) is 0 Å². The fraction of sp³-hybridized carbons (Fsp3) is 0.571. The van der Waals surface area contributed by atoms with Gasteiger partial charge >= 0.3 is 0 Å². The van der Waals surface area contributed by atoms with Crippen LogP contribution in [0.4, 0.5) is 0 Å². The SMILES string of the molecule is CCCC1CC1(N)c1cc(OC)cc(OC)c1. The lowest BCUT2D eigenvalue weighted by Crippen LogP contribution is -2.22. The van der Waals surface area contributed by atoms with Crippen LogP contribution in [0.5, 0.6) is 11.5 Å². The predicted octanol–water partition coefficient (Wildman–Crippen LogP) is 2.68. The second-order valence-corrected chi connectivity index (χ2v) is 4.83. The molecule has 1 saturated carbocycles. The van der Waals surface area contributed by atoms with Crippen molar-refractivity contribution in [1.82, 2.24) is 0 Å². The second-order valence-electron chi connectivity index (χ2n) is 4.83. The van der Waals surface area contributed by atoms with Crippen LogP contribution in [0.25, 0.3) is 0 Å². The molecule has 1 aliphatic carbocycles. The first kappa shape index (κ1) is 12.2. The van der Waals surface area contributed by atoms with Gasteiger partial charge in [-0.05, 0) is 36.5 Å². The number of benzene rings is 1. The van der Waals surface area contributed by atoms with E-state index in [9.17, 15) is 0 Å². The summed E-state index contributed by atoms with van der Waals surface area (Å²) in [5, 5.41) is 0. The number of rotatable bonds is 5. The van der Waals surface area contributed by atoms with Crippen LogP contribution in [0.2, 0.25) is 0 Å². The monoisotopic (exact) mass is 235 g/mol. The van der Waals surface area contributed by atoms with Crippen LogP contribution in [0.1, 0.15) is 31.7 Å². The Balaban J connectivity index is 2.27. The zero-order valence-electron chi connectivity index (χ0n) is 10.8. The number of hydrogen-bond acceptors (Lipinski definition) is 3. The van der Waals surface area contributed by atoms with E-state index in [-0.39, 0.29) is 5.54 Å². The van der Waals surface area contributed by atoms with Gasteiger partial charge < -0.3 is 15.2 Å². The van der Waals surface area contributed by atoms with E-state index in [2.05, 4.69) is 6.92 Å². The summed E-state index contributed by atoms with van der Waals surface area (Å²) in [5.41, 5.74) is 7.40. The van der Waals surface area contributed by atoms with Crippen LogP contribution in [-0.2, 0) is 5.54 Å². The van der Waals surface area contributed by atoms with Crippen molar-refractivity contribution in [2.45, 2.75) is 31.7 Å². The molecule has 1 aliphatic rings. The van der Waals surface area contributed by atoms with Crippen molar-refractivity contribution in [3.8, 4) is 11.5 Å². The summed E-state index contributed by atoms with van der Waals surface area (Å²) in [4.78, 5) is 0. The van der Waals surface area contributed by atoms with Crippen molar-refractivity contribution in [2.75, 3.05) is 14.2 Å². The summed E-state index contributed by atoms with van der Waals surface area (Å²) < 4.78 is 10.6. The average molecular weight is 235 g/mol. The van der Waals surface area contributed by atoms with E-state index in [1.165, 1.54) is 12.8 Å².